The summed E-state index contributed by atoms with van der Waals surface area (Å²) < 4.78 is 9.37. The molecule has 4 rings (SSSR count). The van der Waals surface area contributed by atoms with E-state index in [1.165, 1.54) is 0 Å². The Balaban J connectivity index is 1.61. The van der Waals surface area contributed by atoms with E-state index in [9.17, 15) is 0 Å². The fraction of sp³-hybridized carbons (Fsp3) is 0.143. The maximum atomic E-state index is 5.43. The van der Waals surface area contributed by atoms with Crippen LogP contribution in [0.25, 0.3) is 22.6 Å². The molecule has 0 aliphatic heterocycles. The first-order chi connectivity index (χ1) is 12.7. The van der Waals surface area contributed by atoms with E-state index in [2.05, 4.69) is 29.2 Å². The van der Waals surface area contributed by atoms with Crippen molar-refractivity contribution in [1.29, 1.82) is 0 Å². The van der Waals surface area contributed by atoms with Crippen molar-refractivity contribution in [2.24, 2.45) is 7.05 Å². The topological polar surface area (TPSA) is 44.9 Å². The normalized spacial score (nSPS) is 10.8. The molecule has 0 bridgehead atoms. The maximum absolute atomic E-state index is 5.43. The summed E-state index contributed by atoms with van der Waals surface area (Å²) in [5.74, 6) is 1.82. The number of benzene rings is 2. The van der Waals surface area contributed by atoms with Gasteiger partial charge in [-0.1, -0.05) is 36.4 Å². The highest BCUT2D eigenvalue weighted by atomic mass is 16.5. The average molecular weight is 344 g/mol. The van der Waals surface area contributed by atoms with Crippen LogP contribution in [0.2, 0.25) is 0 Å². The van der Waals surface area contributed by atoms with E-state index in [1.54, 1.807) is 7.11 Å². The molecule has 130 valence electrons. The van der Waals surface area contributed by atoms with Gasteiger partial charge in [0.2, 0.25) is 0 Å². The molecule has 0 spiro atoms. The molecule has 2 aromatic carbocycles. The lowest BCUT2D eigenvalue weighted by atomic mass is 10.1. The van der Waals surface area contributed by atoms with Gasteiger partial charge in [0.25, 0.3) is 0 Å². The van der Waals surface area contributed by atoms with Gasteiger partial charge < -0.3 is 9.30 Å². The van der Waals surface area contributed by atoms with Crippen LogP contribution in [0.3, 0.4) is 0 Å². The van der Waals surface area contributed by atoms with Gasteiger partial charge in [-0.15, -0.1) is 0 Å². The van der Waals surface area contributed by atoms with E-state index in [-0.39, 0.29) is 0 Å². The fourth-order valence-electron chi connectivity index (χ4n) is 3.07. The Morgan fingerprint density at radius 1 is 0.962 bits per heavy atom. The molecular formula is C21H20N4O. The van der Waals surface area contributed by atoms with E-state index >= 15 is 0 Å². The third kappa shape index (κ3) is 3.11. The van der Waals surface area contributed by atoms with Crippen LogP contribution >= 0.6 is 0 Å². The molecule has 0 aliphatic carbocycles. The average Bonchev–Trinajstić information content (AvgIpc) is 3.31. The molecule has 0 saturated carbocycles. The number of rotatable bonds is 5. The summed E-state index contributed by atoms with van der Waals surface area (Å²) in [7, 11) is 3.69. The predicted octanol–water partition coefficient (Wildman–Crippen LogP) is 4.01. The van der Waals surface area contributed by atoms with Gasteiger partial charge in [-0.3, -0.25) is 4.68 Å². The first-order valence-electron chi connectivity index (χ1n) is 8.48. The first-order valence-corrected chi connectivity index (χ1v) is 8.48. The summed E-state index contributed by atoms with van der Waals surface area (Å²) >= 11 is 0. The molecule has 2 aromatic heterocycles. The number of nitrogens with zero attached hydrogens (tertiary/aromatic N) is 4. The second kappa shape index (κ2) is 6.88. The molecule has 0 aliphatic rings. The Bertz CT molecular complexity index is 1030. The number of hydrogen-bond donors (Lipinski definition) is 0. The molecule has 26 heavy (non-hydrogen) atoms. The SMILES string of the molecule is COc1ccccc1Cn1ccc(-c2cccc(-c3nccn3C)c2)n1. The molecule has 0 atom stereocenters. The lowest BCUT2D eigenvalue weighted by Gasteiger charge is -2.08. The minimum atomic E-state index is 0.670. The number of methoxy groups -OCH3 is 1. The number of imidazole rings is 1. The molecule has 0 N–H and O–H groups in total. The third-order valence-corrected chi connectivity index (χ3v) is 4.40. The van der Waals surface area contributed by atoms with Gasteiger partial charge in [-0.2, -0.15) is 5.10 Å². The second-order valence-corrected chi connectivity index (χ2v) is 6.15. The van der Waals surface area contributed by atoms with Crippen LogP contribution in [0, 0.1) is 0 Å². The smallest absolute Gasteiger partial charge is 0.139 e. The molecule has 2 heterocycles. The van der Waals surface area contributed by atoms with E-state index in [1.807, 2.05) is 65.2 Å². The Kier molecular flexibility index (Phi) is 4.27. The predicted molar refractivity (Wildman–Crippen MR) is 102 cm³/mol. The van der Waals surface area contributed by atoms with Crippen molar-refractivity contribution in [2.45, 2.75) is 6.54 Å². The van der Waals surface area contributed by atoms with E-state index in [0.29, 0.717) is 6.54 Å². The molecule has 0 saturated heterocycles. The highest BCUT2D eigenvalue weighted by Crippen LogP contribution is 2.25. The quantitative estimate of drug-likeness (QED) is 0.549. The summed E-state index contributed by atoms with van der Waals surface area (Å²) in [5.41, 5.74) is 4.20. The van der Waals surface area contributed by atoms with Crippen molar-refractivity contribution < 1.29 is 4.74 Å². The number of aryl methyl sites for hydroxylation is 1. The van der Waals surface area contributed by atoms with Crippen LogP contribution in [0.5, 0.6) is 5.75 Å². The van der Waals surface area contributed by atoms with Gasteiger partial charge in [0.1, 0.15) is 11.6 Å². The largest absolute Gasteiger partial charge is 0.496 e. The van der Waals surface area contributed by atoms with Crippen LogP contribution in [0.1, 0.15) is 5.56 Å². The molecule has 0 radical (unpaired) electrons. The van der Waals surface area contributed by atoms with Crippen LogP contribution < -0.4 is 4.74 Å². The van der Waals surface area contributed by atoms with Gasteiger partial charge in [0, 0.05) is 42.3 Å². The Morgan fingerprint density at radius 3 is 2.62 bits per heavy atom. The summed E-state index contributed by atoms with van der Waals surface area (Å²) in [4.78, 5) is 4.42. The number of ether oxygens (including phenoxy) is 1. The number of para-hydroxylation sites is 1. The highest BCUT2D eigenvalue weighted by Gasteiger charge is 2.09. The van der Waals surface area contributed by atoms with Crippen LogP contribution in [0.15, 0.2) is 73.2 Å². The lowest BCUT2D eigenvalue weighted by molar-refractivity contribution is 0.407. The Morgan fingerprint density at radius 2 is 1.81 bits per heavy atom. The van der Waals surface area contributed by atoms with E-state index in [4.69, 9.17) is 9.84 Å². The molecule has 5 nitrogen and oxygen atoms in total. The van der Waals surface area contributed by atoms with Crippen molar-refractivity contribution in [3.63, 3.8) is 0 Å². The summed E-state index contributed by atoms with van der Waals surface area (Å²) in [6, 6.07) is 18.3. The second-order valence-electron chi connectivity index (χ2n) is 6.15. The molecule has 0 amide bonds. The molecule has 4 aromatic rings. The maximum Gasteiger partial charge on any atom is 0.139 e. The van der Waals surface area contributed by atoms with Crippen molar-refractivity contribution in [3.05, 3.63) is 78.8 Å². The molecule has 0 fully saturated rings. The fourth-order valence-corrected chi connectivity index (χ4v) is 3.07. The Labute approximate surface area is 152 Å². The van der Waals surface area contributed by atoms with Crippen LogP contribution in [0.4, 0.5) is 0 Å². The highest BCUT2D eigenvalue weighted by molar-refractivity contribution is 5.67. The first kappa shape index (κ1) is 16.1. The summed E-state index contributed by atoms with van der Waals surface area (Å²) in [6.07, 6.45) is 5.75. The molecule has 0 unspecified atom stereocenters. The van der Waals surface area contributed by atoms with Crippen molar-refractivity contribution in [3.8, 4) is 28.4 Å². The van der Waals surface area contributed by atoms with Crippen molar-refractivity contribution in [1.82, 2.24) is 19.3 Å². The van der Waals surface area contributed by atoms with E-state index < -0.39 is 0 Å². The van der Waals surface area contributed by atoms with Gasteiger partial charge in [-0.25, -0.2) is 4.98 Å². The minimum Gasteiger partial charge on any atom is -0.496 e. The Hall–Kier alpha value is -3.34. The zero-order valence-electron chi connectivity index (χ0n) is 14.8. The van der Waals surface area contributed by atoms with Gasteiger partial charge in [0.15, 0.2) is 0 Å². The molecule has 5 heteroatoms. The zero-order chi connectivity index (χ0) is 17.9. The van der Waals surface area contributed by atoms with Gasteiger partial charge in [0.05, 0.1) is 19.3 Å². The van der Waals surface area contributed by atoms with Crippen molar-refractivity contribution >= 4 is 0 Å². The minimum absolute atomic E-state index is 0.670. The van der Waals surface area contributed by atoms with E-state index in [0.717, 1.165) is 34.0 Å². The lowest BCUT2D eigenvalue weighted by Crippen LogP contribution is -2.02. The summed E-state index contributed by atoms with van der Waals surface area (Å²) in [5, 5.41) is 4.73. The number of aromatic nitrogens is 4. The van der Waals surface area contributed by atoms with Gasteiger partial charge in [-0.05, 0) is 18.2 Å². The van der Waals surface area contributed by atoms with Crippen LogP contribution in [-0.4, -0.2) is 26.4 Å². The monoisotopic (exact) mass is 344 g/mol. The zero-order valence-corrected chi connectivity index (χ0v) is 14.8. The summed E-state index contributed by atoms with van der Waals surface area (Å²) in [6.45, 7) is 0.670. The molecular weight excluding hydrogens is 324 g/mol. The standard InChI is InChI=1S/C21H20N4O/c1-24-13-11-22-21(24)17-8-5-7-16(14-17)19-10-12-25(23-19)15-18-6-3-4-9-20(18)26-2/h3-14H,15H2,1-2H3. The van der Waals surface area contributed by atoms with Crippen LogP contribution in [-0.2, 0) is 13.6 Å². The van der Waals surface area contributed by atoms with Gasteiger partial charge >= 0.3 is 0 Å². The third-order valence-electron chi connectivity index (χ3n) is 4.40. The van der Waals surface area contributed by atoms with Crippen molar-refractivity contribution in [2.75, 3.05) is 7.11 Å². The number of hydrogen-bond acceptors (Lipinski definition) is 3.